The smallest absolute Gasteiger partial charge is 0.251 e. The molecule has 0 radical (unpaired) electrons. The van der Waals surface area contributed by atoms with E-state index >= 15 is 0 Å². The minimum atomic E-state index is -0.117. The van der Waals surface area contributed by atoms with Crippen molar-refractivity contribution in [2.75, 3.05) is 30.3 Å². The van der Waals surface area contributed by atoms with Crippen LogP contribution in [0.2, 0.25) is 0 Å². The van der Waals surface area contributed by atoms with Crippen molar-refractivity contribution in [3.05, 3.63) is 36.0 Å². The summed E-state index contributed by atoms with van der Waals surface area (Å²) in [6, 6.07) is 7.21. The monoisotopic (exact) mass is 468 g/mol. The fourth-order valence-electron chi connectivity index (χ4n) is 3.85. The van der Waals surface area contributed by atoms with Crippen molar-refractivity contribution in [2.45, 2.75) is 57.8 Å². The second kappa shape index (κ2) is 10.9. The predicted octanol–water partition coefficient (Wildman–Crippen LogP) is 4.15. The number of hydrogen-bond acceptors (Lipinski definition) is 7. The number of hydrogen-bond donors (Lipinski definition) is 1. The molecular formula is C24H32N6O2S. The van der Waals surface area contributed by atoms with Crippen LogP contribution in [-0.4, -0.2) is 57.1 Å². The Morgan fingerprint density at radius 3 is 2.64 bits per heavy atom. The van der Waals surface area contributed by atoms with Crippen molar-refractivity contribution in [1.29, 1.82) is 0 Å². The van der Waals surface area contributed by atoms with E-state index in [0.29, 0.717) is 18.7 Å². The molecule has 0 bridgehead atoms. The molecule has 0 aliphatic carbocycles. The summed E-state index contributed by atoms with van der Waals surface area (Å²) in [7, 11) is 0. The molecule has 0 atom stereocenters. The lowest BCUT2D eigenvalue weighted by Gasteiger charge is -2.18. The van der Waals surface area contributed by atoms with Gasteiger partial charge in [0.2, 0.25) is 0 Å². The average Bonchev–Trinajstić information content (AvgIpc) is 3.48. The SMILES string of the molecule is CCCSc1nc(N2CCCC2)c2cnn(CCNC(=O)c3ccc(OC(C)C)cc3)c2n1. The van der Waals surface area contributed by atoms with Crippen LogP contribution >= 0.6 is 11.8 Å². The fourth-order valence-corrected chi connectivity index (χ4v) is 4.54. The van der Waals surface area contributed by atoms with Crippen LogP contribution in [0.5, 0.6) is 5.75 Å². The highest BCUT2D eigenvalue weighted by molar-refractivity contribution is 7.99. The first-order valence-corrected chi connectivity index (χ1v) is 12.7. The maximum Gasteiger partial charge on any atom is 0.251 e. The molecule has 1 amide bonds. The largest absolute Gasteiger partial charge is 0.491 e. The first kappa shape index (κ1) is 23.4. The van der Waals surface area contributed by atoms with E-state index in [2.05, 4.69) is 22.2 Å². The summed E-state index contributed by atoms with van der Waals surface area (Å²) in [5.74, 6) is 2.61. The summed E-state index contributed by atoms with van der Waals surface area (Å²) < 4.78 is 7.51. The summed E-state index contributed by atoms with van der Waals surface area (Å²) in [5.41, 5.74) is 1.43. The van der Waals surface area contributed by atoms with Gasteiger partial charge in [0.25, 0.3) is 5.91 Å². The van der Waals surface area contributed by atoms with Crippen molar-refractivity contribution in [3.63, 3.8) is 0 Å². The van der Waals surface area contributed by atoms with E-state index < -0.39 is 0 Å². The van der Waals surface area contributed by atoms with Gasteiger partial charge in [-0.25, -0.2) is 14.6 Å². The number of nitrogens with one attached hydrogen (secondary N) is 1. The Morgan fingerprint density at radius 2 is 1.94 bits per heavy atom. The Balaban J connectivity index is 1.44. The van der Waals surface area contributed by atoms with Crippen molar-refractivity contribution < 1.29 is 9.53 Å². The van der Waals surface area contributed by atoms with Gasteiger partial charge >= 0.3 is 0 Å². The normalized spacial score (nSPS) is 13.8. The summed E-state index contributed by atoms with van der Waals surface area (Å²) in [5, 5.41) is 9.32. The summed E-state index contributed by atoms with van der Waals surface area (Å²) >= 11 is 1.68. The predicted molar refractivity (Wildman–Crippen MR) is 132 cm³/mol. The summed E-state index contributed by atoms with van der Waals surface area (Å²) in [4.78, 5) is 24.5. The van der Waals surface area contributed by atoms with Gasteiger partial charge in [-0.05, 0) is 57.4 Å². The van der Waals surface area contributed by atoms with Crippen molar-refractivity contribution in [3.8, 4) is 5.75 Å². The molecule has 3 heterocycles. The number of nitrogens with zero attached hydrogens (tertiary/aromatic N) is 5. The Labute approximate surface area is 199 Å². The minimum Gasteiger partial charge on any atom is -0.491 e. The first-order valence-electron chi connectivity index (χ1n) is 11.7. The van der Waals surface area contributed by atoms with Crippen LogP contribution < -0.4 is 15.0 Å². The number of rotatable bonds is 10. The Bertz CT molecular complexity index is 1080. The second-order valence-corrected chi connectivity index (χ2v) is 9.49. The van der Waals surface area contributed by atoms with Crippen molar-refractivity contribution in [1.82, 2.24) is 25.1 Å². The van der Waals surface area contributed by atoms with Gasteiger partial charge in [-0.15, -0.1) is 0 Å². The molecule has 0 spiro atoms. The molecule has 9 heteroatoms. The molecule has 33 heavy (non-hydrogen) atoms. The minimum absolute atomic E-state index is 0.101. The molecule has 2 aromatic heterocycles. The molecule has 1 saturated heterocycles. The second-order valence-electron chi connectivity index (χ2n) is 8.42. The van der Waals surface area contributed by atoms with Gasteiger partial charge in [-0.3, -0.25) is 4.79 Å². The van der Waals surface area contributed by atoms with Crippen LogP contribution in [-0.2, 0) is 6.54 Å². The highest BCUT2D eigenvalue weighted by Gasteiger charge is 2.21. The number of amides is 1. The fraction of sp³-hybridized carbons (Fsp3) is 0.500. The Hall–Kier alpha value is -2.81. The van der Waals surface area contributed by atoms with Crippen LogP contribution in [0.3, 0.4) is 0 Å². The third-order valence-corrected chi connectivity index (χ3v) is 6.45. The molecular weight excluding hydrogens is 436 g/mol. The van der Waals surface area contributed by atoms with Crippen molar-refractivity contribution >= 4 is 34.5 Å². The summed E-state index contributed by atoms with van der Waals surface area (Å²) in [6.07, 6.45) is 5.40. The molecule has 8 nitrogen and oxygen atoms in total. The van der Waals surface area contributed by atoms with Crippen LogP contribution in [0.25, 0.3) is 11.0 Å². The maximum atomic E-state index is 12.6. The molecule has 1 aromatic carbocycles. The average molecular weight is 469 g/mol. The number of carbonyl (C=O) groups is 1. The zero-order chi connectivity index (χ0) is 23.2. The summed E-state index contributed by atoms with van der Waals surface area (Å²) in [6.45, 7) is 9.15. The number of thioether (sulfide) groups is 1. The number of benzene rings is 1. The van der Waals surface area contributed by atoms with Crippen LogP contribution in [0.15, 0.2) is 35.6 Å². The molecule has 176 valence electrons. The molecule has 0 saturated carbocycles. The van der Waals surface area contributed by atoms with Gasteiger partial charge in [0, 0.05) is 31.0 Å². The van der Waals surface area contributed by atoms with Gasteiger partial charge in [0.1, 0.15) is 11.6 Å². The van der Waals surface area contributed by atoms with Crippen LogP contribution in [0.1, 0.15) is 50.4 Å². The van der Waals surface area contributed by atoms with E-state index in [-0.39, 0.29) is 12.0 Å². The number of carbonyl (C=O) groups excluding carboxylic acids is 1. The van der Waals surface area contributed by atoms with Gasteiger partial charge < -0.3 is 15.0 Å². The maximum absolute atomic E-state index is 12.6. The third-order valence-electron chi connectivity index (χ3n) is 5.39. The molecule has 1 aliphatic rings. The number of anilines is 1. The van der Waals surface area contributed by atoms with Gasteiger partial charge in [0.15, 0.2) is 10.8 Å². The number of aromatic nitrogens is 4. The lowest BCUT2D eigenvalue weighted by atomic mass is 10.2. The first-order chi connectivity index (χ1) is 16.0. The molecule has 0 unspecified atom stereocenters. The van der Waals surface area contributed by atoms with E-state index in [0.717, 1.165) is 53.0 Å². The molecule has 1 N–H and O–H groups in total. The van der Waals surface area contributed by atoms with E-state index in [4.69, 9.17) is 14.7 Å². The third kappa shape index (κ3) is 5.76. The quantitative estimate of drug-likeness (QED) is 0.353. The molecule has 1 fully saturated rings. The van der Waals surface area contributed by atoms with E-state index in [1.165, 1.54) is 12.8 Å². The molecule has 3 aromatic rings. The van der Waals surface area contributed by atoms with Crippen LogP contribution in [0, 0.1) is 0 Å². The standard InChI is InChI=1S/C24H32N6O2S/c1-4-15-33-24-27-21(29-12-5-6-13-29)20-16-26-30(22(20)28-24)14-11-25-23(31)18-7-9-19(10-8-18)32-17(2)3/h7-10,16-17H,4-6,11-15H2,1-3H3,(H,25,31). The highest BCUT2D eigenvalue weighted by Crippen LogP contribution is 2.29. The molecule has 1 aliphatic heterocycles. The topological polar surface area (TPSA) is 85.2 Å². The van der Waals surface area contributed by atoms with E-state index in [1.54, 1.807) is 23.9 Å². The number of ether oxygens (including phenoxy) is 1. The zero-order valence-electron chi connectivity index (χ0n) is 19.6. The van der Waals surface area contributed by atoms with Crippen LogP contribution in [0.4, 0.5) is 5.82 Å². The lowest BCUT2D eigenvalue weighted by molar-refractivity contribution is 0.0952. The van der Waals surface area contributed by atoms with Gasteiger partial charge in [0.05, 0.1) is 24.2 Å². The van der Waals surface area contributed by atoms with E-state index in [9.17, 15) is 4.79 Å². The molecule has 4 rings (SSSR count). The Kier molecular flexibility index (Phi) is 7.69. The Morgan fingerprint density at radius 1 is 1.18 bits per heavy atom. The number of fused-ring (bicyclic) bond motifs is 1. The zero-order valence-corrected chi connectivity index (χ0v) is 20.4. The lowest BCUT2D eigenvalue weighted by Crippen LogP contribution is -2.27. The van der Waals surface area contributed by atoms with Gasteiger partial charge in [-0.2, -0.15) is 5.10 Å². The van der Waals surface area contributed by atoms with E-state index in [1.807, 2.05) is 36.9 Å². The van der Waals surface area contributed by atoms with Gasteiger partial charge in [-0.1, -0.05) is 18.7 Å². The highest BCUT2D eigenvalue weighted by atomic mass is 32.2. The van der Waals surface area contributed by atoms with Crippen molar-refractivity contribution in [2.24, 2.45) is 0 Å².